The van der Waals surface area contributed by atoms with E-state index in [9.17, 15) is 19.2 Å². The maximum absolute atomic E-state index is 10.9. The van der Waals surface area contributed by atoms with Crippen LogP contribution in [-0.4, -0.2) is 109 Å². The van der Waals surface area contributed by atoms with Crippen LogP contribution in [0.3, 0.4) is 0 Å². The molecule has 2 N–H and O–H groups in total. The first kappa shape index (κ1) is 25.8. The van der Waals surface area contributed by atoms with Crippen LogP contribution in [0.15, 0.2) is 0 Å². The molecule has 0 atom stereocenters. The first-order valence-corrected chi connectivity index (χ1v) is 8.78. The van der Waals surface area contributed by atoms with Crippen molar-refractivity contribution in [1.29, 1.82) is 0 Å². The van der Waals surface area contributed by atoms with E-state index in [4.69, 9.17) is 19.7 Å². The van der Waals surface area contributed by atoms with Crippen molar-refractivity contribution < 1.29 is 38.9 Å². The predicted molar refractivity (Wildman–Crippen MR) is 98.3 cm³/mol. The molecular weight excluding hydrogens is 374 g/mol. The maximum atomic E-state index is 10.9. The van der Waals surface area contributed by atoms with E-state index in [1.165, 1.54) is 4.90 Å². The van der Waals surface area contributed by atoms with Crippen molar-refractivity contribution in [2.24, 2.45) is 5.41 Å². The molecule has 0 bridgehead atoms. The molecule has 0 rings (SSSR count). The fraction of sp³-hybridized carbons (Fsp3) is 0.765. The summed E-state index contributed by atoms with van der Waals surface area (Å²) in [5.41, 5.74) is -0.0478. The van der Waals surface area contributed by atoms with E-state index >= 15 is 0 Å². The van der Waals surface area contributed by atoms with Crippen LogP contribution < -0.4 is 0 Å². The van der Waals surface area contributed by atoms with Gasteiger partial charge in [0, 0.05) is 32.7 Å². The molecule has 0 amide bonds. The van der Waals surface area contributed by atoms with Crippen LogP contribution in [0.1, 0.15) is 20.8 Å². The number of carbonyl (C=O) groups excluding carboxylic acids is 2. The predicted octanol–water partition coefficient (Wildman–Crippen LogP) is -0.631. The number of nitrogens with zero attached hydrogens (tertiary/aromatic N) is 3. The van der Waals surface area contributed by atoms with Gasteiger partial charge in [-0.25, -0.2) is 4.90 Å². The molecule has 0 saturated heterocycles. The van der Waals surface area contributed by atoms with Gasteiger partial charge in [0.25, 0.3) is 12.9 Å². The van der Waals surface area contributed by atoms with Gasteiger partial charge >= 0.3 is 11.9 Å². The number of carboxylic acid groups (broad SMARTS) is 2. The molecule has 0 spiro atoms. The quantitative estimate of drug-likeness (QED) is 0.236. The number of hydrogen-bond acceptors (Lipinski definition) is 9. The van der Waals surface area contributed by atoms with E-state index in [0.29, 0.717) is 39.1 Å². The number of ether oxygens (including phenoxy) is 2. The second-order valence-corrected chi connectivity index (χ2v) is 7.51. The van der Waals surface area contributed by atoms with Crippen molar-refractivity contribution >= 4 is 24.9 Å². The average molecular weight is 405 g/mol. The van der Waals surface area contributed by atoms with E-state index in [2.05, 4.69) is 25.7 Å². The zero-order chi connectivity index (χ0) is 21.6. The maximum Gasteiger partial charge on any atom is 0.317 e. The Balaban J connectivity index is 4.88. The highest BCUT2D eigenvalue weighted by Gasteiger charge is 2.20. The largest absolute Gasteiger partial charge is 0.480 e. The Morgan fingerprint density at radius 3 is 1.54 bits per heavy atom. The lowest BCUT2D eigenvalue weighted by Gasteiger charge is -2.33. The summed E-state index contributed by atoms with van der Waals surface area (Å²) in [6.07, 6.45) is 0. The van der Waals surface area contributed by atoms with Gasteiger partial charge in [0.2, 0.25) is 0 Å². The number of carbonyl (C=O) groups is 4. The first-order valence-electron chi connectivity index (χ1n) is 8.78. The van der Waals surface area contributed by atoms with Crippen LogP contribution in [0, 0.1) is 5.41 Å². The van der Waals surface area contributed by atoms with Gasteiger partial charge < -0.3 is 24.6 Å². The fourth-order valence-electron chi connectivity index (χ4n) is 2.54. The fourth-order valence-corrected chi connectivity index (χ4v) is 2.54. The molecule has 0 aromatic carbocycles. The zero-order valence-electron chi connectivity index (χ0n) is 16.7. The summed E-state index contributed by atoms with van der Waals surface area (Å²) in [5, 5.41) is 17.9. The summed E-state index contributed by atoms with van der Waals surface area (Å²) in [5.74, 6) is -2.18. The molecule has 0 fully saturated rings. The van der Waals surface area contributed by atoms with Crippen molar-refractivity contribution in [3.63, 3.8) is 0 Å². The number of carboxylic acids is 2. The smallest absolute Gasteiger partial charge is 0.317 e. The van der Waals surface area contributed by atoms with Gasteiger partial charge in [0.1, 0.15) is 13.5 Å². The minimum atomic E-state index is -1.09. The second-order valence-electron chi connectivity index (χ2n) is 7.51. The highest BCUT2D eigenvalue weighted by atomic mass is 16.6. The summed E-state index contributed by atoms with van der Waals surface area (Å²) in [7, 11) is 0. The molecule has 162 valence electrons. The monoisotopic (exact) mass is 405 g/mol. The third kappa shape index (κ3) is 14.9. The molecule has 0 aliphatic carbocycles. The lowest BCUT2D eigenvalue weighted by Crippen LogP contribution is -2.45. The van der Waals surface area contributed by atoms with Crippen LogP contribution in [0.25, 0.3) is 0 Å². The van der Waals surface area contributed by atoms with Crippen molar-refractivity contribution in [3.8, 4) is 0 Å². The standard InChI is InChI=1S/C17H31N3O8/c1-17(2,3)10-18(4-6-19(8-15(23)24)9-16(25)26)5-7-20(11-27-13-21)12-28-14-22/h13-14H,4-12H2,1-3H3,(H,23,24)(H,25,26). The average Bonchev–Trinajstić information content (AvgIpc) is 2.56. The molecule has 0 radical (unpaired) electrons. The molecular formula is C17H31N3O8. The summed E-state index contributed by atoms with van der Waals surface area (Å²) < 4.78 is 9.41. The highest BCUT2D eigenvalue weighted by Crippen LogP contribution is 2.15. The van der Waals surface area contributed by atoms with Gasteiger partial charge in [-0.05, 0) is 5.41 Å². The second kappa shape index (κ2) is 13.9. The SMILES string of the molecule is CC(C)(C)CN(CCN(COC=O)COC=O)CCN(CC(=O)O)CC(=O)O. The molecule has 0 saturated carbocycles. The third-order valence-corrected chi connectivity index (χ3v) is 3.53. The van der Waals surface area contributed by atoms with Gasteiger partial charge in [-0.2, -0.15) is 0 Å². The molecule has 11 nitrogen and oxygen atoms in total. The van der Waals surface area contributed by atoms with Crippen LogP contribution in [0.5, 0.6) is 0 Å². The van der Waals surface area contributed by atoms with Crippen LogP contribution in [0.2, 0.25) is 0 Å². The molecule has 0 aromatic heterocycles. The summed E-state index contributed by atoms with van der Waals surface area (Å²) in [6.45, 7) is 8.31. The normalized spacial score (nSPS) is 11.6. The Labute approximate surface area is 164 Å². The first-order chi connectivity index (χ1) is 13.1. The van der Waals surface area contributed by atoms with Gasteiger partial charge in [0.15, 0.2) is 0 Å². The molecule has 28 heavy (non-hydrogen) atoms. The third-order valence-electron chi connectivity index (χ3n) is 3.53. The lowest BCUT2D eigenvalue weighted by atomic mass is 9.96. The Morgan fingerprint density at radius 2 is 1.18 bits per heavy atom. The molecule has 0 aromatic rings. The van der Waals surface area contributed by atoms with E-state index in [1.807, 2.05) is 0 Å². The van der Waals surface area contributed by atoms with E-state index < -0.39 is 11.9 Å². The molecule has 0 aliphatic heterocycles. The Hall–Kier alpha value is -2.24. The van der Waals surface area contributed by atoms with Crippen LogP contribution in [0.4, 0.5) is 0 Å². The molecule has 0 unspecified atom stereocenters. The zero-order valence-corrected chi connectivity index (χ0v) is 16.7. The van der Waals surface area contributed by atoms with Crippen LogP contribution >= 0.6 is 0 Å². The van der Waals surface area contributed by atoms with E-state index in [-0.39, 0.29) is 38.5 Å². The number of rotatable bonds is 17. The van der Waals surface area contributed by atoms with Gasteiger partial charge in [-0.3, -0.25) is 24.1 Å². The molecule has 0 heterocycles. The highest BCUT2D eigenvalue weighted by molar-refractivity contribution is 5.72. The van der Waals surface area contributed by atoms with Crippen molar-refractivity contribution in [1.82, 2.24) is 14.7 Å². The Bertz CT molecular complexity index is 467. The minimum Gasteiger partial charge on any atom is -0.480 e. The molecule has 0 aliphatic rings. The summed E-state index contributed by atoms with van der Waals surface area (Å²) in [6, 6.07) is 0. The lowest BCUT2D eigenvalue weighted by molar-refractivity contribution is -0.144. The van der Waals surface area contributed by atoms with Crippen LogP contribution in [-0.2, 0) is 28.7 Å². The van der Waals surface area contributed by atoms with Crippen molar-refractivity contribution in [3.05, 3.63) is 0 Å². The summed E-state index contributed by atoms with van der Waals surface area (Å²) >= 11 is 0. The summed E-state index contributed by atoms with van der Waals surface area (Å²) in [4.78, 5) is 47.7. The Morgan fingerprint density at radius 1 is 0.786 bits per heavy atom. The van der Waals surface area contributed by atoms with Gasteiger partial charge in [0.05, 0.1) is 13.1 Å². The van der Waals surface area contributed by atoms with Gasteiger partial charge in [-0.15, -0.1) is 0 Å². The number of aliphatic carboxylic acids is 2. The van der Waals surface area contributed by atoms with Gasteiger partial charge in [-0.1, -0.05) is 20.8 Å². The topological polar surface area (TPSA) is 137 Å². The van der Waals surface area contributed by atoms with Crippen molar-refractivity contribution in [2.45, 2.75) is 20.8 Å². The van der Waals surface area contributed by atoms with E-state index in [1.54, 1.807) is 4.90 Å². The van der Waals surface area contributed by atoms with E-state index in [0.717, 1.165) is 0 Å². The number of hydrogen-bond donors (Lipinski definition) is 2. The minimum absolute atomic E-state index is 0.0369. The van der Waals surface area contributed by atoms with Crippen molar-refractivity contribution in [2.75, 3.05) is 59.3 Å². The Kier molecular flexibility index (Phi) is 12.7. The molecule has 11 heteroatoms.